The maximum atomic E-state index is 13.8. The van der Waals surface area contributed by atoms with Crippen LogP contribution in [0.4, 0.5) is 8.78 Å². The van der Waals surface area contributed by atoms with Gasteiger partial charge in [-0.1, -0.05) is 0 Å². The fourth-order valence-electron chi connectivity index (χ4n) is 3.51. The van der Waals surface area contributed by atoms with E-state index in [1.807, 2.05) is 0 Å². The van der Waals surface area contributed by atoms with E-state index in [1.165, 1.54) is 12.0 Å². The lowest BCUT2D eigenvalue weighted by Crippen LogP contribution is -2.47. The molecule has 3 aliphatic rings. The van der Waals surface area contributed by atoms with Crippen LogP contribution in [0.15, 0.2) is 16.5 Å². The molecule has 11 heteroatoms. The summed E-state index contributed by atoms with van der Waals surface area (Å²) in [4.78, 5) is 28.2. The Morgan fingerprint density at radius 1 is 1.50 bits per heavy atom. The summed E-state index contributed by atoms with van der Waals surface area (Å²) in [7, 11) is 1.26. The summed E-state index contributed by atoms with van der Waals surface area (Å²) in [5.74, 6) is -3.24. The van der Waals surface area contributed by atoms with Gasteiger partial charge >= 0.3 is 11.7 Å². The molecule has 1 aliphatic heterocycles. The molecule has 0 spiro atoms. The molecule has 1 N–H and O–H groups in total. The van der Waals surface area contributed by atoms with Gasteiger partial charge in [0.2, 0.25) is 5.92 Å². The SMILES string of the molecule is COC(=O)C1(CN(C2=C([N+](=O)[O-])CN=C(Cl)N2)[C@@H]2CCC(F)(F)C2)CC1. The maximum Gasteiger partial charge on any atom is 0.313 e. The Hall–Kier alpha value is -1.97. The fourth-order valence-corrected chi connectivity index (χ4v) is 3.66. The molecule has 144 valence electrons. The Morgan fingerprint density at radius 3 is 2.69 bits per heavy atom. The normalized spacial score (nSPS) is 26.0. The molecule has 0 aromatic carbocycles. The minimum Gasteiger partial charge on any atom is -0.469 e. The quantitative estimate of drug-likeness (QED) is 0.322. The first kappa shape index (κ1) is 18.8. The van der Waals surface area contributed by atoms with Crippen LogP contribution < -0.4 is 5.32 Å². The topological polar surface area (TPSA) is 97.1 Å². The Bertz CT molecular complexity index is 693. The van der Waals surface area contributed by atoms with Crippen LogP contribution in [0.2, 0.25) is 0 Å². The number of alkyl halides is 2. The van der Waals surface area contributed by atoms with E-state index in [0.29, 0.717) is 12.8 Å². The summed E-state index contributed by atoms with van der Waals surface area (Å²) in [6.45, 7) is -0.205. The van der Waals surface area contributed by atoms with Crippen LogP contribution in [-0.2, 0) is 9.53 Å². The number of hydrogen-bond acceptors (Lipinski definition) is 7. The van der Waals surface area contributed by atoms with Crippen LogP contribution in [0.5, 0.6) is 0 Å². The van der Waals surface area contributed by atoms with E-state index in [2.05, 4.69) is 10.3 Å². The highest BCUT2D eigenvalue weighted by Gasteiger charge is 2.55. The van der Waals surface area contributed by atoms with E-state index in [1.54, 1.807) is 0 Å². The Kier molecular flexibility index (Phi) is 4.80. The number of hydrogen-bond donors (Lipinski definition) is 1. The van der Waals surface area contributed by atoms with Gasteiger partial charge in [-0.05, 0) is 30.9 Å². The number of halogens is 3. The predicted octanol–water partition coefficient (Wildman–Crippen LogP) is 2.07. The molecular weight excluding hydrogens is 374 g/mol. The minimum atomic E-state index is -2.84. The minimum absolute atomic E-state index is 0.0351. The number of amidine groups is 1. The molecule has 1 heterocycles. The van der Waals surface area contributed by atoms with Gasteiger partial charge in [-0.3, -0.25) is 14.9 Å². The number of ether oxygens (including phenoxy) is 1. The average molecular weight is 393 g/mol. The molecule has 0 saturated heterocycles. The lowest BCUT2D eigenvalue weighted by molar-refractivity contribution is -0.428. The lowest BCUT2D eigenvalue weighted by atomic mass is 10.0. The highest BCUT2D eigenvalue weighted by Crippen LogP contribution is 2.49. The summed E-state index contributed by atoms with van der Waals surface area (Å²) < 4.78 is 32.4. The summed E-state index contributed by atoms with van der Waals surface area (Å²) in [5.41, 5.74) is -1.09. The summed E-state index contributed by atoms with van der Waals surface area (Å²) in [5, 5.41) is 14.0. The summed E-state index contributed by atoms with van der Waals surface area (Å²) in [6, 6.07) is -0.646. The largest absolute Gasteiger partial charge is 0.469 e. The third kappa shape index (κ3) is 3.60. The number of nitrogens with one attached hydrogen (secondary N) is 1. The molecule has 2 aliphatic carbocycles. The standard InChI is InChI=1S/C15H19ClF2N4O4/c1-26-12(23)14(4-5-14)8-21(9-2-3-15(17,18)6-9)11-10(22(24)25)7-19-13(16)20-11/h9H,2-8H2,1H3,(H,19,20)/t9-/m1/s1. The molecule has 26 heavy (non-hydrogen) atoms. The van der Waals surface area contributed by atoms with E-state index in [9.17, 15) is 23.7 Å². The van der Waals surface area contributed by atoms with Crippen molar-refractivity contribution in [3.63, 3.8) is 0 Å². The molecule has 1 atom stereocenters. The van der Waals surface area contributed by atoms with Gasteiger partial charge in [0.05, 0.1) is 17.4 Å². The number of nitro groups is 1. The smallest absolute Gasteiger partial charge is 0.313 e. The number of rotatable bonds is 6. The van der Waals surface area contributed by atoms with Gasteiger partial charge in [0.1, 0.15) is 6.54 Å². The number of nitrogens with zero attached hydrogens (tertiary/aromatic N) is 3. The van der Waals surface area contributed by atoms with Crippen LogP contribution in [0, 0.1) is 15.5 Å². The van der Waals surface area contributed by atoms with Crippen molar-refractivity contribution in [2.75, 3.05) is 20.2 Å². The Labute approximate surface area is 153 Å². The second-order valence-electron chi connectivity index (χ2n) is 6.94. The summed E-state index contributed by atoms with van der Waals surface area (Å²) in [6.07, 6.45) is 0.511. The van der Waals surface area contributed by atoms with E-state index >= 15 is 0 Å². The molecule has 3 rings (SSSR count). The third-order valence-electron chi connectivity index (χ3n) is 5.13. The predicted molar refractivity (Wildman–Crippen MR) is 88.3 cm³/mol. The van der Waals surface area contributed by atoms with E-state index in [0.717, 1.165) is 0 Å². The first-order valence-electron chi connectivity index (χ1n) is 8.25. The van der Waals surface area contributed by atoms with Crippen molar-refractivity contribution >= 4 is 22.9 Å². The van der Waals surface area contributed by atoms with Crippen molar-refractivity contribution in [2.45, 2.75) is 44.1 Å². The first-order valence-corrected chi connectivity index (χ1v) is 8.63. The van der Waals surface area contributed by atoms with Crippen LogP contribution >= 0.6 is 11.6 Å². The van der Waals surface area contributed by atoms with E-state index in [4.69, 9.17) is 16.3 Å². The van der Waals surface area contributed by atoms with Gasteiger partial charge in [0.15, 0.2) is 11.1 Å². The van der Waals surface area contributed by atoms with Crippen molar-refractivity contribution in [3.05, 3.63) is 21.6 Å². The molecule has 2 saturated carbocycles. The number of aliphatic imine (C=N–C) groups is 1. The van der Waals surface area contributed by atoms with Crippen LogP contribution in [0.25, 0.3) is 0 Å². The molecule has 0 aromatic rings. The first-order chi connectivity index (χ1) is 12.2. The van der Waals surface area contributed by atoms with Crippen molar-refractivity contribution in [1.82, 2.24) is 10.2 Å². The van der Waals surface area contributed by atoms with Gasteiger partial charge < -0.3 is 15.0 Å². The highest BCUT2D eigenvalue weighted by atomic mass is 35.5. The Morgan fingerprint density at radius 2 is 2.19 bits per heavy atom. The molecule has 2 fully saturated rings. The van der Waals surface area contributed by atoms with E-state index in [-0.39, 0.29) is 42.7 Å². The van der Waals surface area contributed by atoms with Gasteiger partial charge in [0.25, 0.3) is 0 Å². The zero-order chi connectivity index (χ0) is 19.1. The van der Waals surface area contributed by atoms with Gasteiger partial charge in [-0.25, -0.2) is 13.8 Å². The average Bonchev–Trinajstić information content (AvgIpc) is 3.28. The third-order valence-corrected chi connectivity index (χ3v) is 5.35. The number of carbonyl (C=O) groups excluding carboxylic acids is 1. The zero-order valence-electron chi connectivity index (χ0n) is 14.1. The molecule has 0 amide bonds. The second-order valence-corrected chi connectivity index (χ2v) is 7.29. The Balaban J connectivity index is 1.95. The van der Waals surface area contributed by atoms with Crippen LogP contribution in [0.1, 0.15) is 32.1 Å². The van der Waals surface area contributed by atoms with Crippen molar-refractivity contribution < 1.29 is 23.2 Å². The van der Waals surface area contributed by atoms with Gasteiger partial charge in [0, 0.05) is 25.4 Å². The highest BCUT2D eigenvalue weighted by molar-refractivity contribution is 6.65. The molecule has 0 bridgehead atoms. The van der Waals surface area contributed by atoms with Gasteiger partial charge in [-0.2, -0.15) is 0 Å². The van der Waals surface area contributed by atoms with Crippen molar-refractivity contribution in [1.29, 1.82) is 0 Å². The lowest BCUT2D eigenvalue weighted by Gasteiger charge is -2.35. The van der Waals surface area contributed by atoms with Crippen LogP contribution in [-0.4, -0.2) is 53.3 Å². The molecule has 0 radical (unpaired) electrons. The number of carbonyl (C=O) groups is 1. The van der Waals surface area contributed by atoms with E-state index < -0.39 is 34.7 Å². The molecule has 0 unspecified atom stereocenters. The maximum absolute atomic E-state index is 13.8. The van der Waals surface area contributed by atoms with Crippen molar-refractivity contribution in [3.8, 4) is 0 Å². The molecule has 8 nitrogen and oxygen atoms in total. The number of methoxy groups -OCH3 is 1. The number of esters is 1. The second kappa shape index (κ2) is 6.64. The summed E-state index contributed by atoms with van der Waals surface area (Å²) >= 11 is 5.88. The molecular formula is C15H19ClF2N4O4. The van der Waals surface area contributed by atoms with Crippen molar-refractivity contribution in [2.24, 2.45) is 10.4 Å². The fraction of sp³-hybridized carbons (Fsp3) is 0.733. The monoisotopic (exact) mass is 392 g/mol. The van der Waals surface area contributed by atoms with Gasteiger partial charge in [-0.15, -0.1) is 0 Å². The zero-order valence-corrected chi connectivity index (χ0v) is 14.9. The van der Waals surface area contributed by atoms with Crippen LogP contribution in [0.3, 0.4) is 0 Å². The molecule has 0 aromatic heterocycles.